The van der Waals surface area contributed by atoms with E-state index in [1.807, 2.05) is 11.8 Å². The molecular weight excluding hydrogens is 257 g/mol. The second kappa shape index (κ2) is 6.07. The second-order valence-electron chi connectivity index (χ2n) is 4.48. The minimum absolute atomic E-state index is 0.276. The zero-order valence-electron chi connectivity index (χ0n) is 9.88. The van der Waals surface area contributed by atoms with E-state index in [-0.39, 0.29) is 5.82 Å². The molecule has 2 atom stereocenters. The van der Waals surface area contributed by atoms with Gasteiger partial charge in [0.05, 0.1) is 0 Å². The number of halogens is 2. The van der Waals surface area contributed by atoms with Crippen molar-refractivity contribution >= 4 is 23.4 Å². The molecule has 1 aliphatic rings. The van der Waals surface area contributed by atoms with Gasteiger partial charge in [-0.15, -0.1) is 0 Å². The summed E-state index contributed by atoms with van der Waals surface area (Å²) >= 11 is 7.93. The average Bonchev–Trinajstić information content (AvgIpc) is 2.76. The van der Waals surface area contributed by atoms with Crippen molar-refractivity contribution in [2.24, 2.45) is 0 Å². The van der Waals surface area contributed by atoms with Crippen LogP contribution in [0.4, 0.5) is 4.39 Å². The Morgan fingerprint density at radius 2 is 2.29 bits per heavy atom. The van der Waals surface area contributed by atoms with E-state index < -0.39 is 0 Å². The first-order chi connectivity index (χ1) is 8.19. The minimum atomic E-state index is -0.276. The maximum absolute atomic E-state index is 12.9. The highest BCUT2D eigenvalue weighted by molar-refractivity contribution is 7.99. The molecule has 0 amide bonds. The molecule has 2 unspecified atom stereocenters. The molecule has 4 heteroatoms. The Morgan fingerprint density at radius 1 is 1.47 bits per heavy atom. The molecule has 0 radical (unpaired) electrons. The molecule has 1 aromatic carbocycles. The van der Waals surface area contributed by atoms with Gasteiger partial charge >= 0.3 is 0 Å². The predicted molar refractivity (Wildman–Crippen MR) is 73.2 cm³/mol. The van der Waals surface area contributed by atoms with E-state index in [2.05, 4.69) is 11.6 Å². The summed E-state index contributed by atoms with van der Waals surface area (Å²) in [6, 6.07) is 5.17. The van der Waals surface area contributed by atoms with E-state index in [4.69, 9.17) is 11.6 Å². The van der Waals surface area contributed by atoms with Crippen molar-refractivity contribution in [3.63, 3.8) is 0 Å². The highest BCUT2D eigenvalue weighted by Gasteiger charge is 2.23. The summed E-state index contributed by atoms with van der Waals surface area (Å²) in [5.41, 5.74) is 0.973. The standard InChI is InChI=1S/C13H17ClFNS/c1-17-12-5-4-11(7-12)16-8-9-2-3-10(15)6-13(9)14/h2-3,6,11-12,16H,4-5,7-8H2,1H3. The zero-order chi connectivity index (χ0) is 12.3. The monoisotopic (exact) mass is 273 g/mol. The van der Waals surface area contributed by atoms with Gasteiger partial charge in [-0.25, -0.2) is 4.39 Å². The molecule has 94 valence electrons. The molecular formula is C13H17ClFNS. The van der Waals surface area contributed by atoms with Crippen LogP contribution in [-0.4, -0.2) is 17.5 Å². The highest BCUT2D eigenvalue weighted by Crippen LogP contribution is 2.28. The molecule has 1 aromatic rings. The Labute approximate surface area is 111 Å². The first-order valence-corrected chi connectivity index (χ1v) is 7.55. The number of nitrogens with one attached hydrogen (secondary N) is 1. The van der Waals surface area contributed by atoms with Gasteiger partial charge in [-0.3, -0.25) is 0 Å². The van der Waals surface area contributed by atoms with Gasteiger partial charge in [-0.2, -0.15) is 11.8 Å². The molecule has 0 bridgehead atoms. The largest absolute Gasteiger partial charge is 0.310 e. The van der Waals surface area contributed by atoms with Crippen LogP contribution in [0.1, 0.15) is 24.8 Å². The first kappa shape index (κ1) is 13.2. The second-order valence-corrected chi connectivity index (χ2v) is 6.03. The summed E-state index contributed by atoms with van der Waals surface area (Å²) in [7, 11) is 0. The van der Waals surface area contributed by atoms with Crippen molar-refractivity contribution in [3.05, 3.63) is 34.6 Å². The summed E-state index contributed by atoms with van der Waals surface area (Å²) in [6.07, 6.45) is 5.91. The van der Waals surface area contributed by atoms with Gasteiger partial charge in [0.25, 0.3) is 0 Å². The predicted octanol–water partition coefficient (Wildman–Crippen LogP) is 3.85. The normalized spacial score (nSPS) is 24.2. The lowest BCUT2D eigenvalue weighted by atomic mass is 10.2. The fraction of sp³-hybridized carbons (Fsp3) is 0.538. The van der Waals surface area contributed by atoms with Crippen LogP contribution < -0.4 is 5.32 Å². The summed E-state index contributed by atoms with van der Waals surface area (Å²) in [4.78, 5) is 0. The number of thioether (sulfide) groups is 1. The third-order valence-electron chi connectivity index (χ3n) is 3.31. The van der Waals surface area contributed by atoms with Crippen molar-refractivity contribution in [3.8, 4) is 0 Å². The third-order valence-corrected chi connectivity index (χ3v) is 4.76. The number of rotatable bonds is 4. The summed E-state index contributed by atoms with van der Waals surface area (Å²) in [5, 5.41) is 4.80. The molecule has 1 fully saturated rings. The van der Waals surface area contributed by atoms with E-state index in [1.54, 1.807) is 6.07 Å². The number of hydrogen-bond acceptors (Lipinski definition) is 2. The highest BCUT2D eigenvalue weighted by atomic mass is 35.5. The lowest BCUT2D eigenvalue weighted by molar-refractivity contribution is 0.524. The fourth-order valence-corrected chi connectivity index (χ4v) is 3.29. The van der Waals surface area contributed by atoms with Crippen LogP contribution in [0.25, 0.3) is 0 Å². The summed E-state index contributed by atoms with van der Waals surface area (Å²) < 4.78 is 12.9. The van der Waals surface area contributed by atoms with Crippen LogP contribution in [-0.2, 0) is 6.54 Å². The molecule has 0 spiro atoms. The summed E-state index contributed by atoms with van der Waals surface area (Å²) in [6.45, 7) is 0.727. The molecule has 2 rings (SSSR count). The smallest absolute Gasteiger partial charge is 0.124 e. The van der Waals surface area contributed by atoms with E-state index in [0.29, 0.717) is 11.1 Å². The minimum Gasteiger partial charge on any atom is -0.310 e. The van der Waals surface area contributed by atoms with Crippen molar-refractivity contribution in [2.75, 3.05) is 6.26 Å². The van der Waals surface area contributed by atoms with Gasteiger partial charge in [0.15, 0.2) is 0 Å². The molecule has 0 aliphatic heterocycles. The van der Waals surface area contributed by atoms with Crippen LogP contribution in [0, 0.1) is 5.82 Å². The Morgan fingerprint density at radius 3 is 2.94 bits per heavy atom. The van der Waals surface area contributed by atoms with Crippen molar-refractivity contribution in [1.29, 1.82) is 0 Å². The van der Waals surface area contributed by atoms with E-state index >= 15 is 0 Å². The third kappa shape index (κ3) is 3.60. The van der Waals surface area contributed by atoms with Crippen LogP contribution >= 0.6 is 23.4 Å². The Kier molecular flexibility index (Phi) is 4.71. The van der Waals surface area contributed by atoms with Crippen LogP contribution in [0.15, 0.2) is 18.2 Å². The van der Waals surface area contributed by atoms with Gasteiger partial charge in [-0.05, 0) is 43.2 Å². The molecule has 17 heavy (non-hydrogen) atoms. The maximum Gasteiger partial charge on any atom is 0.124 e. The summed E-state index contributed by atoms with van der Waals surface area (Å²) in [5.74, 6) is -0.276. The van der Waals surface area contributed by atoms with Crippen LogP contribution in [0.2, 0.25) is 5.02 Å². The van der Waals surface area contributed by atoms with Gasteiger partial charge < -0.3 is 5.32 Å². The van der Waals surface area contributed by atoms with Crippen molar-refractivity contribution in [2.45, 2.75) is 37.1 Å². The SMILES string of the molecule is CSC1CCC(NCc2ccc(F)cc2Cl)C1. The Bertz CT molecular complexity index is 386. The molecule has 0 heterocycles. The van der Waals surface area contributed by atoms with Gasteiger partial charge in [0.2, 0.25) is 0 Å². The van der Waals surface area contributed by atoms with E-state index in [9.17, 15) is 4.39 Å². The van der Waals surface area contributed by atoms with Gasteiger partial charge in [0, 0.05) is 22.9 Å². The fourth-order valence-electron chi connectivity index (χ4n) is 2.26. The first-order valence-electron chi connectivity index (χ1n) is 5.89. The lowest BCUT2D eigenvalue weighted by Crippen LogP contribution is -2.26. The maximum atomic E-state index is 12.9. The van der Waals surface area contributed by atoms with Crippen LogP contribution in [0.3, 0.4) is 0 Å². The Hall–Kier alpha value is -0.250. The molecule has 1 aliphatic carbocycles. The van der Waals surface area contributed by atoms with Crippen molar-refractivity contribution < 1.29 is 4.39 Å². The quantitative estimate of drug-likeness (QED) is 0.894. The molecule has 0 aromatic heterocycles. The van der Waals surface area contributed by atoms with E-state index in [1.165, 1.54) is 31.4 Å². The van der Waals surface area contributed by atoms with Gasteiger partial charge in [-0.1, -0.05) is 17.7 Å². The topological polar surface area (TPSA) is 12.0 Å². The number of hydrogen-bond donors (Lipinski definition) is 1. The lowest BCUT2D eigenvalue weighted by Gasteiger charge is -2.13. The van der Waals surface area contributed by atoms with Crippen LogP contribution in [0.5, 0.6) is 0 Å². The average molecular weight is 274 g/mol. The zero-order valence-corrected chi connectivity index (χ0v) is 11.5. The molecule has 1 saturated carbocycles. The number of benzene rings is 1. The molecule has 0 saturated heterocycles. The molecule has 1 nitrogen and oxygen atoms in total. The van der Waals surface area contributed by atoms with Crippen molar-refractivity contribution in [1.82, 2.24) is 5.32 Å². The molecule has 1 N–H and O–H groups in total. The Balaban J connectivity index is 1.86. The van der Waals surface area contributed by atoms with Gasteiger partial charge in [0.1, 0.15) is 5.82 Å². The van der Waals surface area contributed by atoms with E-state index in [0.717, 1.165) is 17.4 Å².